The second-order valence-electron chi connectivity index (χ2n) is 9.94. The van der Waals surface area contributed by atoms with Gasteiger partial charge in [0.1, 0.15) is 6.04 Å². The molecule has 4 amide bonds. The smallest absolute Gasteiger partial charge is 0.323 e. The summed E-state index contributed by atoms with van der Waals surface area (Å²) in [5.74, 6) is -1.28. The molecule has 0 aromatic heterocycles. The zero-order chi connectivity index (χ0) is 26.3. The third-order valence-corrected chi connectivity index (χ3v) is 6.32. The van der Waals surface area contributed by atoms with Gasteiger partial charge in [0.15, 0.2) is 0 Å². The Balaban J connectivity index is 1.52. The van der Waals surface area contributed by atoms with Crippen molar-refractivity contribution in [1.82, 2.24) is 4.90 Å². The van der Waals surface area contributed by atoms with E-state index in [0.29, 0.717) is 30.8 Å². The number of amides is 4. The zero-order valence-corrected chi connectivity index (χ0v) is 21.0. The number of carbonyl (C=O) groups excluding carboxylic acids is 3. The first kappa shape index (κ1) is 26.7. The molecule has 1 atom stereocenters. The van der Waals surface area contributed by atoms with Crippen LogP contribution in [0.25, 0.3) is 0 Å². The van der Waals surface area contributed by atoms with Gasteiger partial charge in [0.05, 0.1) is 6.42 Å². The lowest BCUT2D eigenvalue weighted by molar-refractivity contribution is -0.140. The Bertz CT molecular complexity index is 1110. The van der Waals surface area contributed by atoms with Crippen LogP contribution < -0.4 is 16.0 Å². The molecule has 0 spiro atoms. The van der Waals surface area contributed by atoms with Gasteiger partial charge >= 0.3 is 12.0 Å². The lowest BCUT2D eigenvalue weighted by atomic mass is 9.84. The minimum absolute atomic E-state index is 0.0113. The number of para-hydroxylation sites is 1. The number of aryl methyl sites for hydroxylation is 1. The Hall–Kier alpha value is -3.88. The normalized spacial score (nSPS) is 15.3. The van der Waals surface area contributed by atoms with Crippen LogP contribution in [0.3, 0.4) is 0 Å². The molecule has 1 aliphatic rings. The summed E-state index contributed by atoms with van der Waals surface area (Å²) in [7, 11) is 0. The summed E-state index contributed by atoms with van der Waals surface area (Å²) in [6.45, 7) is 6.07. The summed E-state index contributed by atoms with van der Waals surface area (Å²) >= 11 is 0. The molecule has 192 valence electrons. The number of hydrogen-bond donors (Lipinski definition) is 4. The van der Waals surface area contributed by atoms with Gasteiger partial charge in [-0.05, 0) is 67.5 Å². The molecule has 9 heteroatoms. The minimum atomic E-state index is -0.890. The number of carbonyl (C=O) groups is 4. The van der Waals surface area contributed by atoms with E-state index in [1.54, 1.807) is 29.2 Å². The van der Waals surface area contributed by atoms with Crippen LogP contribution >= 0.6 is 0 Å². The number of nitrogens with one attached hydrogen (secondary N) is 3. The second kappa shape index (κ2) is 11.7. The molecule has 2 aromatic rings. The van der Waals surface area contributed by atoms with Crippen LogP contribution in [-0.4, -0.2) is 46.4 Å². The fraction of sp³-hybridized carbons (Fsp3) is 0.407. The highest BCUT2D eigenvalue weighted by atomic mass is 16.4. The van der Waals surface area contributed by atoms with Crippen LogP contribution in [-0.2, 0) is 14.4 Å². The largest absolute Gasteiger partial charge is 0.481 e. The molecule has 36 heavy (non-hydrogen) atoms. The average molecular weight is 495 g/mol. The van der Waals surface area contributed by atoms with Gasteiger partial charge in [0.2, 0.25) is 11.8 Å². The fourth-order valence-corrected chi connectivity index (χ4v) is 4.28. The van der Waals surface area contributed by atoms with Gasteiger partial charge in [-0.3, -0.25) is 14.4 Å². The molecule has 0 unspecified atom stereocenters. The molecular formula is C27H34N4O5. The molecule has 0 aliphatic carbocycles. The molecule has 3 rings (SSSR count). The Morgan fingerprint density at radius 3 is 2.25 bits per heavy atom. The number of anilines is 3. The molecule has 1 saturated heterocycles. The molecule has 0 bridgehead atoms. The van der Waals surface area contributed by atoms with E-state index < -0.39 is 17.4 Å². The number of nitrogens with zero attached hydrogens (tertiary/aromatic N) is 1. The number of rotatable bonds is 9. The Kier molecular flexibility index (Phi) is 8.68. The zero-order valence-electron chi connectivity index (χ0n) is 21.0. The predicted molar refractivity (Wildman–Crippen MR) is 139 cm³/mol. The molecule has 0 radical (unpaired) electrons. The third kappa shape index (κ3) is 7.56. The number of benzene rings is 2. The van der Waals surface area contributed by atoms with Gasteiger partial charge in [-0.2, -0.15) is 0 Å². The summed E-state index contributed by atoms with van der Waals surface area (Å²) in [5.41, 5.74) is 2.31. The number of carboxylic acid groups (broad SMARTS) is 1. The number of carboxylic acids is 1. The Labute approximate surface area is 211 Å². The summed E-state index contributed by atoms with van der Waals surface area (Å²) in [5, 5.41) is 17.5. The van der Waals surface area contributed by atoms with E-state index in [0.717, 1.165) is 17.7 Å². The molecule has 2 aromatic carbocycles. The maximum absolute atomic E-state index is 12.9. The highest BCUT2D eigenvalue weighted by molar-refractivity contribution is 6.01. The number of aliphatic carboxylic acids is 1. The van der Waals surface area contributed by atoms with Crippen molar-refractivity contribution in [1.29, 1.82) is 0 Å². The van der Waals surface area contributed by atoms with Crippen LogP contribution in [0.4, 0.5) is 21.9 Å². The van der Waals surface area contributed by atoms with Crippen molar-refractivity contribution in [2.24, 2.45) is 5.41 Å². The first-order chi connectivity index (χ1) is 17.0. The number of likely N-dealkylation sites (tertiary alicyclic amines) is 1. The summed E-state index contributed by atoms with van der Waals surface area (Å²) in [4.78, 5) is 50.6. The summed E-state index contributed by atoms with van der Waals surface area (Å²) < 4.78 is 0. The van der Waals surface area contributed by atoms with Crippen LogP contribution in [0.15, 0.2) is 48.5 Å². The van der Waals surface area contributed by atoms with E-state index >= 15 is 0 Å². The van der Waals surface area contributed by atoms with Gasteiger partial charge in [0.25, 0.3) is 0 Å². The molecule has 0 saturated carbocycles. The minimum Gasteiger partial charge on any atom is -0.481 e. The van der Waals surface area contributed by atoms with Crippen molar-refractivity contribution >= 4 is 40.9 Å². The van der Waals surface area contributed by atoms with E-state index in [1.807, 2.05) is 45.0 Å². The van der Waals surface area contributed by atoms with Crippen LogP contribution in [0.5, 0.6) is 0 Å². The van der Waals surface area contributed by atoms with E-state index in [4.69, 9.17) is 5.11 Å². The SMILES string of the molecule is Cc1ccccc1NC(=O)Nc1ccc(NC(=O)[C@@H]2CCCN2C(=O)CCC(C)(C)CC(=O)O)cc1. The molecular weight excluding hydrogens is 460 g/mol. The average Bonchev–Trinajstić information content (AvgIpc) is 3.30. The van der Waals surface area contributed by atoms with Crippen molar-refractivity contribution in [3.05, 3.63) is 54.1 Å². The van der Waals surface area contributed by atoms with Gasteiger partial charge in [-0.1, -0.05) is 32.0 Å². The molecule has 1 heterocycles. The predicted octanol–water partition coefficient (Wildman–Crippen LogP) is 4.85. The van der Waals surface area contributed by atoms with Crippen LogP contribution in [0.2, 0.25) is 0 Å². The third-order valence-electron chi connectivity index (χ3n) is 6.32. The van der Waals surface area contributed by atoms with Gasteiger partial charge in [-0.15, -0.1) is 0 Å². The molecule has 1 aliphatic heterocycles. The van der Waals surface area contributed by atoms with Gasteiger partial charge in [-0.25, -0.2) is 4.79 Å². The monoisotopic (exact) mass is 494 g/mol. The van der Waals surface area contributed by atoms with Crippen molar-refractivity contribution in [3.63, 3.8) is 0 Å². The first-order valence-corrected chi connectivity index (χ1v) is 12.1. The standard InChI is InChI=1S/C27H34N4O5/c1-18-7-4-5-8-21(18)30-26(36)29-20-12-10-19(11-13-20)28-25(35)22-9-6-16-31(22)23(32)14-15-27(2,3)17-24(33)34/h4-5,7-8,10-13,22H,6,9,14-17H2,1-3H3,(H,28,35)(H,33,34)(H2,29,30,36)/t22-/m0/s1. The van der Waals surface area contributed by atoms with Crippen LogP contribution in [0, 0.1) is 12.3 Å². The molecule has 1 fully saturated rings. The van der Waals surface area contributed by atoms with E-state index in [9.17, 15) is 19.2 Å². The lowest BCUT2D eigenvalue weighted by Crippen LogP contribution is -2.43. The van der Waals surface area contributed by atoms with E-state index in [1.165, 1.54) is 0 Å². The fourth-order valence-electron chi connectivity index (χ4n) is 4.28. The quantitative estimate of drug-likeness (QED) is 0.396. The topological polar surface area (TPSA) is 128 Å². The molecule has 9 nitrogen and oxygen atoms in total. The van der Waals surface area contributed by atoms with Gasteiger partial charge in [0, 0.05) is 30.0 Å². The maximum atomic E-state index is 12.9. The van der Waals surface area contributed by atoms with Crippen molar-refractivity contribution in [2.75, 3.05) is 22.5 Å². The number of urea groups is 1. The van der Waals surface area contributed by atoms with Crippen LogP contribution in [0.1, 0.15) is 51.5 Å². The Morgan fingerprint density at radius 2 is 1.61 bits per heavy atom. The molecule has 4 N–H and O–H groups in total. The summed E-state index contributed by atoms with van der Waals surface area (Å²) in [6, 6.07) is 13.3. The number of hydrogen-bond acceptors (Lipinski definition) is 4. The second-order valence-corrected chi connectivity index (χ2v) is 9.94. The van der Waals surface area contributed by atoms with E-state index in [2.05, 4.69) is 16.0 Å². The summed E-state index contributed by atoms with van der Waals surface area (Å²) in [6.07, 6.45) is 1.95. The lowest BCUT2D eigenvalue weighted by Gasteiger charge is -2.27. The maximum Gasteiger partial charge on any atom is 0.323 e. The van der Waals surface area contributed by atoms with Crippen molar-refractivity contribution in [3.8, 4) is 0 Å². The van der Waals surface area contributed by atoms with Crippen molar-refractivity contribution < 1.29 is 24.3 Å². The first-order valence-electron chi connectivity index (χ1n) is 12.1. The Morgan fingerprint density at radius 1 is 0.972 bits per heavy atom. The highest BCUT2D eigenvalue weighted by Crippen LogP contribution is 2.29. The van der Waals surface area contributed by atoms with Gasteiger partial charge < -0.3 is 26.0 Å². The highest BCUT2D eigenvalue weighted by Gasteiger charge is 2.34. The van der Waals surface area contributed by atoms with Crippen molar-refractivity contribution in [2.45, 2.75) is 58.9 Å². The van der Waals surface area contributed by atoms with E-state index in [-0.39, 0.29) is 30.7 Å².